The number of nitrogens with zero attached hydrogens (tertiary/aromatic N) is 2. The van der Waals surface area contributed by atoms with Gasteiger partial charge in [-0.2, -0.15) is 0 Å². The summed E-state index contributed by atoms with van der Waals surface area (Å²) in [5, 5.41) is 3.36. The van der Waals surface area contributed by atoms with E-state index in [0.29, 0.717) is 24.0 Å². The zero-order valence-electron chi connectivity index (χ0n) is 11.1. The van der Waals surface area contributed by atoms with E-state index in [4.69, 9.17) is 4.74 Å². The molecule has 20 heavy (non-hydrogen) atoms. The van der Waals surface area contributed by atoms with Gasteiger partial charge in [0.05, 0.1) is 11.9 Å². The highest BCUT2D eigenvalue weighted by Gasteiger charge is 2.20. The molecule has 1 fully saturated rings. The highest BCUT2D eigenvalue weighted by Crippen LogP contribution is 2.19. The van der Waals surface area contributed by atoms with Gasteiger partial charge >= 0.3 is 0 Å². The van der Waals surface area contributed by atoms with E-state index in [0.717, 1.165) is 5.69 Å². The largest absolute Gasteiger partial charge is 0.472 e. The Labute approximate surface area is 117 Å². The van der Waals surface area contributed by atoms with Crippen LogP contribution >= 0.6 is 0 Å². The fraction of sp³-hybridized carbons (Fsp3) is 0.333. The Morgan fingerprint density at radius 2 is 2.10 bits per heavy atom. The summed E-state index contributed by atoms with van der Waals surface area (Å²) in [4.78, 5) is 8.44. The molecule has 1 aliphatic carbocycles. The molecule has 1 aromatic carbocycles. The van der Waals surface area contributed by atoms with E-state index in [2.05, 4.69) is 15.3 Å². The number of hydrogen-bond donors (Lipinski definition) is 1. The molecule has 0 aliphatic heterocycles. The zero-order chi connectivity index (χ0) is 13.8. The van der Waals surface area contributed by atoms with Gasteiger partial charge in [0.25, 0.3) is 0 Å². The molecule has 1 aromatic heterocycles. The first-order valence-electron chi connectivity index (χ1n) is 6.72. The van der Waals surface area contributed by atoms with Gasteiger partial charge in [-0.3, -0.25) is 4.98 Å². The lowest BCUT2D eigenvalue weighted by Gasteiger charge is -2.07. The van der Waals surface area contributed by atoms with E-state index in [-0.39, 0.29) is 12.4 Å². The fourth-order valence-corrected chi connectivity index (χ4v) is 1.84. The van der Waals surface area contributed by atoms with E-state index in [9.17, 15) is 4.39 Å². The minimum absolute atomic E-state index is 0.154. The first-order chi connectivity index (χ1) is 9.81. The van der Waals surface area contributed by atoms with Crippen LogP contribution in [0.25, 0.3) is 0 Å². The number of rotatable bonds is 6. The lowest BCUT2D eigenvalue weighted by atomic mass is 10.2. The van der Waals surface area contributed by atoms with Gasteiger partial charge in [0.1, 0.15) is 12.4 Å². The second kappa shape index (κ2) is 5.96. The van der Waals surface area contributed by atoms with Gasteiger partial charge in [-0.15, -0.1) is 0 Å². The van der Waals surface area contributed by atoms with Crippen molar-refractivity contribution in [1.82, 2.24) is 15.3 Å². The van der Waals surface area contributed by atoms with Gasteiger partial charge in [0.2, 0.25) is 5.88 Å². The van der Waals surface area contributed by atoms with Crippen molar-refractivity contribution in [3.05, 3.63) is 53.7 Å². The van der Waals surface area contributed by atoms with Crippen molar-refractivity contribution < 1.29 is 9.13 Å². The molecule has 1 N–H and O–H groups in total. The van der Waals surface area contributed by atoms with Crippen LogP contribution in [0.1, 0.15) is 24.1 Å². The Hall–Kier alpha value is -2.01. The summed E-state index contributed by atoms with van der Waals surface area (Å²) >= 11 is 0. The first-order valence-corrected chi connectivity index (χ1v) is 6.72. The van der Waals surface area contributed by atoms with E-state index >= 15 is 0 Å². The smallest absolute Gasteiger partial charge is 0.232 e. The standard InChI is InChI=1S/C15H16FN3O/c16-14-4-2-1-3-11(14)10-20-15-9-17-7-13(19-15)8-18-12-5-6-12/h1-4,7,9,12,18H,5-6,8,10H2. The van der Waals surface area contributed by atoms with Crippen LogP contribution in [0.3, 0.4) is 0 Å². The summed E-state index contributed by atoms with van der Waals surface area (Å²) in [6.07, 6.45) is 5.72. The van der Waals surface area contributed by atoms with Crippen molar-refractivity contribution in [1.29, 1.82) is 0 Å². The van der Waals surface area contributed by atoms with Crippen LogP contribution in [0, 0.1) is 5.82 Å². The minimum atomic E-state index is -0.271. The molecule has 0 amide bonds. The molecule has 0 radical (unpaired) electrons. The number of ether oxygens (including phenoxy) is 1. The van der Waals surface area contributed by atoms with Gasteiger partial charge in [0.15, 0.2) is 0 Å². The van der Waals surface area contributed by atoms with Crippen molar-refractivity contribution in [3.63, 3.8) is 0 Å². The second-order valence-corrected chi connectivity index (χ2v) is 4.88. The third kappa shape index (κ3) is 3.51. The molecular weight excluding hydrogens is 257 g/mol. The Bertz CT molecular complexity index is 587. The lowest BCUT2D eigenvalue weighted by molar-refractivity contribution is 0.285. The number of benzene rings is 1. The van der Waals surface area contributed by atoms with Gasteiger partial charge < -0.3 is 10.1 Å². The van der Waals surface area contributed by atoms with Crippen molar-refractivity contribution >= 4 is 0 Å². The maximum Gasteiger partial charge on any atom is 0.232 e. The lowest BCUT2D eigenvalue weighted by Crippen LogP contribution is -2.16. The SMILES string of the molecule is Fc1ccccc1COc1cncc(CNC2CC2)n1. The summed E-state index contributed by atoms with van der Waals surface area (Å²) in [6.45, 7) is 0.843. The molecule has 5 heteroatoms. The van der Waals surface area contributed by atoms with Crippen LogP contribution in [0.5, 0.6) is 5.88 Å². The van der Waals surface area contributed by atoms with Crippen LogP contribution in [0.4, 0.5) is 4.39 Å². The zero-order valence-corrected chi connectivity index (χ0v) is 11.1. The van der Waals surface area contributed by atoms with Crippen molar-refractivity contribution in [2.45, 2.75) is 32.0 Å². The average molecular weight is 273 g/mol. The average Bonchev–Trinajstić information content (AvgIpc) is 3.29. The second-order valence-electron chi connectivity index (χ2n) is 4.88. The molecule has 1 saturated carbocycles. The normalized spacial score (nSPS) is 14.2. The number of halogens is 1. The summed E-state index contributed by atoms with van der Waals surface area (Å²) < 4.78 is 19.0. The monoisotopic (exact) mass is 273 g/mol. The van der Waals surface area contributed by atoms with Crippen LogP contribution in [-0.2, 0) is 13.2 Å². The van der Waals surface area contributed by atoms with Crippen molar-refractivity contribution in [2.75, 3.05) is 0 Å². The van der Waals surface area contributed by atoms with Gasteiger partial charge in [-0.05, 0) is 18.9 Å². The molecule has 0 atom stereocenters. The molecule has 0 bridgehead atoms. The molecule has 4 nitrogen and oxygen atoms in total. The van der Waals surface area contributed by atoms with Crippen LogP contribution < -0.4 is 10.1 Å². The maximum absolute atomic E-state index is 13.5. The molecule has 0 spiro atoms. The number of nitrogens with one attached hydrogen (secondary N) is 1. The van der Waals surface area contributed by atoms with Crippen molar-refractivity contribution in [2.24, 2.45) is 0 Å². The van der Waals surface area contributed by atoms with Gasteiger partial charge in [-0.25, -0.2) is 9.37 Å². The number of hydrogen-bond acceptors (Lipinski definition) is 4. The predicted molar refractivity (Wildman–Crippen MR) is 72.6 cm³/mol. The van der Waals surface area contributed by atoms with E-state index in [1.807, 2.05) is 0 Å². The van der Waals surface area contributed by atoms with Crippen LogP contribution in [0.2, 0.25) is 0 Å². The summed E-state index contributed by atoms with van der Waals surface area (Å²) in [5.74, 6) is 0.148. The molecule has 1 heterocycles. The molecule has 1 aliphatic rings. The summed E-state index contributed by atoms with van der Waals surface area (Å²) in [6, 6.07) is 7.17. The molecule has 104 valence electrons. The van der Waals surface area contributed by atoms with Gasteiger partial charge in [0, 0.05) is 24.3 Å². The third-order valence-electron chi connectivity index (χ3n) is 3.14. The highest BCUT2D eigenvalue weighted by atomic mass is 19.1. The van der Waals surface area contributed by atoms with E-state index < -0.39 is 0 Å². The van der Waals surface area contributed by atoms with Crippen LogP contribution in [0.15, 0.2) is 36.7 Å². The highest BCUT2D eigenvalue weighted by molar-refractivity contribution is 5.17. The van der Waals surface area contributed by atoms with Gasteiger partial charge in [-0.1, -0.05) is 18.2 Å². The Morgan fingerprint density at radius 3 is 2.90 bits per heavy atom. The third-order valence-corrected chi connectivity index (χ3v) is 3.14. The number of aromatic nitrogens is 2. The quantitative estimate of drug-likeness (QED) is 0.878. The minimum Gasteiger partial charge on any atom is -0.472 e. The molecule has 2 aromatic rings. The Kier molecular flexibility index (Phi) is 3.87. The molecule has 0 unspecified atom stereocenters. The predicted octanol–water partition coefficient (Wildman–Crippen LogP) is 2.45. The summed E-state index contributed by atoms with van der Waals surface area (Å²) in [5.41, 5.74) is 1.35. The summed E-state index contributed by atoms with van der Waals surface area (Å²) in [7, 11) is 0. The van der Waals surface area contributed by atoms with Crippen LogP contribution in [-0.4, -0.2) is 16.0 Å². The molecule has 0 saturated heterocycles. The Morgan fingerprint density at radius 1 is 1.25 bits per heavy atom. The fourth-order valence-electron chi connectivity index (χ4n) is 1.84. The van der Waals surface area contributed by atoms with E-state index in [1.165, 1.54) is 18.9 Å². The van der Waals surface area contributed by atoms with Crippen molar-refractivity contribution in [3.8, 4) is 5.88 Å². The maximum atomic E-state index is 13.5. The topological polar surface area (TPSA) is 47.0 Å². The molecular formula is C15H16FN3O. The first kappa shape index (κ1) is 13.0. The Balaban J connectivity index is 1.59. The van der Waals surface area contributed by atoms with E-state index in [1.54, 1.807) is 30.6 Å². The molecule has 3 rings (SSSR count).